The molecule has 1 saturated heterocycles. The lowest BCUT2D eigenvalue weighted by Crippen LogP contribution is -2.37. The first-order valence-corrected chi connectivity index (χ1v) is 9.82. The van der Waals surface area contributed by atoms with Gasteiger partial charge in [0.05, 0.1) is 13.0 Å². The summed E-state index contributed by atoms with van der Waals surface area (Å²) in [6.45, 7) is 8.59. The van der Waals surface area contributed by atoms with E-state index < -0.39 is 0 Å². The molecule has 1 aromatic carbocycles. The molecule has 0 spiro atoms. The summed E-state index contributed by atoms with van der Waals surface area (Å²) in [5.74, 6) is 1.27. The van der Waals surface area contributed by atoms with Crippen LogP contribution in [0.4, 0.5) is 4.39 Å². The van der Waals surface area contributed by atoms with Crippen LogP contribution < -0.4 is 0 Å². The van der Waals surface area contributed by atoms with Crippen LogP contribution in [-0.2, 0) is 11.2 Å². The normalized spacial score (nSPS) is 27.0. The molecule has 4 rings (SSSR count). The number of likely N-dealkylation sites (tertiary alicyclic amines) is 1. The number of carbonyl (C=O) groups is 1. The first-order valence-electron chi connectivity index (χ1n) is 9.82. The second-order valence-electron chi connectivity index (χ2n) is 9.61. The minimum absolute atomic E-state index is 0.198. The summed E-state index contributed by atoms with van der Waals surface area (Å²) in [5, 5.41) is 0. The highest BCUT2D eigenvalue weighted by Crippen LogP contribution is 2.52. The summed E-state index contributed by atoms with van der Waals surface area (Å²) in [6.07, 6.45) is 3.93. The molecule has 2 aromatic rings. The maximum absolute atomic E-state index is 13.1. The van der Waals surface area contributed by atoms with Gasteiger partial charge in [-0.1, -0.05) is 20.8 Å². The smallest absolute Gasteiger partial charge is 0.154 e. The van der Waals surface area contributed by atoms with Gasteiger partial charge in [-0.25, -0.2) is 4.39 Å². The largest absolute Gasteiger partial charge is 0.461 e. The Hall–Kier alpha value is -1.94. The third-order valence-electron chi connectivity index (χ3n) is 6.06. The zero-order valence-electron chi connectivity index (χ0n) is 16.4. The second kappa shape index (κ2) is 6.59. The van der Waals surface area contributed by atoms with E-state index in [-0.39, 0.29) is 11.6 Å². The third kappa shape index (κ3) is 4.01. The van der Waals surface area contributed by atoms with Gasteiger partial charge in [-0.05, 0) is 66.5 Å². The summed E-state index contributed by atoms with van der Waals surface area (Å²) in [4.78, 5) is 15.1. The Morgan fingerprint density at radius 2 is 1.89 bits per heavy atom. The van der Waals surface area contributed by atoms with E-state index in [0.717, 1.165) is 12.1 Å². The number of ketones is 1. The van der Waals surface area contributed by atoms with Gasteiger partial charge < -0.3 is 4.42 Å². The molecule has 27 heavy (non-hydrogen) atoms. The van der Waals surface area contributed by atoms with E-state index in [1.54, 1.807) is 12.1 Å². The molecule has 144 valence electrons. The van der Waals surface area contributed by atoms with Crippen LogP contribution >= 0.6 is 0 Å². The van der Waals surface area contributed by atoms with Crippen LogP contribution in [0.2, 0.25) is 0 Å². The fourth-order valence-electron chi connectivity index (χ4n) is 5.48. The zero-order chi connectivity index (χ0) is 19.2. The van der Waals surface area contributed by atoms with Crippen molar-refractivity contribution in [3.8, 4) is 11.3 Å². The maximum Gasteiger partial charge on any atom is 0.154 e. The Bertz CT molecular complexity index is 838. The van der Waals surface area contributed by atoms with Crippen molar-refractivity contribution in [1.29, 1.82) is 0 Å². The minimum Gasteiger partial charge on any atom is -0.461 e. The standard InChI is InChI=1S/C23H28FNO2/c1-22(2)11-18-12-23(3,14-22)15-25(18)13-19(26)10-20-8-9-21(27-20)16-4-6-17(24)7-5-16/h4-9,18H,10-15H2,1-3H3. The molecule has 2 atom stereocenters. The van der Waals surface area contributed by atoms with E-state index in [1.807, 2.05) is 12.1 Å². The summed E-state index contributed by atoms with van der Waals surface area (Å²) in [7, 11) is 0. The van der Waals surface area contributed by atoms with Gasteiger partial charge in [-0.3, -0.25) is 9.69 Å². The predicted octanol–water partition coefficient (Wildman–Crippen LogP) is 5.10. The van der Waals surface area contributed by atoms with Gasteiger partial charge in [0.2, 0.25) is 0 Å². The van der Waals surface area contributed by atoms with Crippen LogP contribution in [0.1, 0.15) is 45.8 Å². The summed E-state index contributed by atoms with van der Waals surface area (Å²) >= 11 is 0. The Morgan fingerprint density at radius 1 is 1.15 bits per heavy atom. The molecule has 2 aliphatic rings. The molecule has 0 radical (unpaired) electrons. The molecule has 1 saturated carbocycles. The minimum atomic E-state index is -0.270. The van der Waals surface area contributed by atoms with Crippen LogP contribution in [0.25, 0.3) is 11.3 Å². The average molecular weight is 369 g/mol. The van der Waals surface area contributed by atoms with E-state index in [2.05, 4.69) is 25.7 Å². The van der Waals surface area contributed by atoms with Crippen molar-refractivity contribution in [3.63, 3.8) is 0 Å². The predicted molar refractivity (Wildman–Crippen MR) is 104 cm³/mol. The third-order valence-corrected chi connectivity index (χ3v) is 6.06. The van der Waals surface area contributed by atoms with Crippen LogP contribution in [0.5, 0.6) is 0 Å². The van der Waals surface area contributed by atoms with Gasteiger partial charge in [0.25, 0.3) is 0 Å². The number of halogens is 1. The summed E-state index contributed by atoms with van der Waals surface area (Å²) < 4.78 is 18.9. The number of hydrogen-bond donors (Lipinski definition) is 0. The maximum atomic E-state index is 13.1. The number of Topliss-reactive ketones (excluding diaryl/α,β-unsaturated/α-hetero) is 1. The van der Waals surface area contributed by atoms with Crippen molar-refractivity contribution in [1.82, 2.24) is 4.90 Å². The van der Waals surface area contributed by atoms with E-state index in [0.29, 0.717) is 41.4 Å². The second-order valence-corrected chi connectivity index (χ2v) is 9.61. The highest BCUT2D eigenvalue weighted by atomic mass is 19.1. The van der Waals surface area contributed by atoms with Gasteiger partial charge >= 0.3 is 0 Å². The molecule has 0 N–H and O–H groups in total. The van der Waals surface area contributed by atoms with Gasteiger partial charge in [0.1, 0.15) is 17.3 Å². The Balaban J connectivity index is 1.38. The van der Waals surface area contributed by atoms with Crippen LogP contribution in [0.3, 0.4) is 0 Å². The number of furan rings is 1. The number of nitrogens with zero attached hydrogens (tertiary/aromatic N) is 1. The molecule has 1 aliphatic heterocycles. The Kier molecular flexibility index (Phi) is 4.50. The van der Waals surface area contributed by atoms with Crippen molar-refractivity contribution in [2.24, 2.45) is 10.8 Å². The van der Waals surface area contributed by atoms with E-state index in [9.17, 15) is 9.18 Å². The lowest BCUT2D eigenvalue weighted by Gasteiger charge is -2.39. The van der Waals surface area contributed by atoms with Crippen molar-refractivity contribution < 1.29 is 13.6 Å². The van der Waals surface area contributed by atoms with Gasteiger partial charge in [0, 0.05) is 18.2 Å². The molecule has 1 aromatic heterocycles. The van der Waals surface area contributed by atoms with E-state index >= 15 is 0 Å². The lowest BCUT2D eigenvalue weighted by atomic mass is 9.65. The Morgan fingerprint density at radius 3 is 2.63 bits per heavy atom. The molecule has 2 unspecified atom stereocenters. The van der Waals surface area contributed by atoms with Crippen LogP contribution in [-0.4, -0.2) is 29.8 Å². The van der Waals surface area contributed by atoms with Gasteiger partial charge in [-0.15, -0.1) is 0 Å². The first kappa shape index (κ1) is 18.4. The highest BCUT2D eigenvalue weighted by molar-refractivity contribution is 5.82. The molecule has 2 bridgehead atoms. The first-order chi connectivity index (χ1) is 12.7. The lowest BCUT2D eigenvalue weighted by molar-refractivity contribution is -0.120. The molecule has 3 nitrogen and oxygen atoms in total. The van der Waals surface area contributed by atoms with Crippen molar-refractivity contribution >= 4 is 5.78 Å². The number of fused-ring (bicyclic) bond motifs is 2. The molecular weight excluding hydrogens is 341 g/mol. The van der Waals surface area contributed by atoms with Gasteiger partial charge in [0.15, 0.2) is 5.78 Å². The zero-order valence-corrected chi connectivity index (χ0v) is 16.4. The number of benzene rings is 1. The Labute approximate surface area is 160 Å². The van der Waals surface area contributed by atoms with E-state index in [4.69, 9.17) is 4.42 Å². The van der Waals surface area contributed by atoms with Crippen molar-refractivity contribution in [2.45, 2.75) is 52.5 Å². The van der Waals surface area contributed by atoms with Crippen LogP contribution in [0, 0.1) is 16.6 Å². The molecule has 2 heterocycles. The molecule has 2 fully saturated rings. The number of carbonyl (C=O) groups excluding carboxylic acids is 1. The summed E-state index contributed by atoms with van der Waals surface area (Å²) in [5.41, 5.74) is 1.52. The molecule has 1 aliphatic carbocycles. The van der Waals surface area contributed by atoms with Crippen LogP contribution in [0.15, 0.2) is 40.8 Å². The monoisotopic (exact) mass is 369 g/mol. The number of hydrogen-bond acceptors (Lipinski definition) is 3. The molecular formula is C23H28FNO2. The average Bonchev–Trinajstić information content (AvgIpc) is 3.09. The number of rotatable bonds is 5. The topological polar surface area (TPSA) is 33.5 Å². The van der Waals surface area contributed by atoms with Crippen molar-refractivity contribution in [3.05, 3.63) is 48.0 Å². The van der Waals surface area contributed by atoms with Gasteiger partial charge in [-0.2, -0.15) is 0 Å². The molecule has 0 amide bonds. The quantitative estimate of drug-likeness (QED) is 0.735. The van der Waals surface area contributed by atoms with E-state index in [1.165, 1.54) is 31.4 Å². The highest BCUT2D eigenvalue weighted by Gasteiger charge is 2.49. The summed E-state index contributed by atoms with van der Waals surface area (Å²) in [6, 6.07) is 10.4. The molecule has 4 heteroatoms. The fourth-order valence-corrected chi connectivity index (χ4v) is 5.48. The van der Waals surface area contributed by atoms with Crippen molar-refractivity contribution in [2.75, 3.05) is 13.1 Å². The SMILES string of the molecule is CC1(C)CC2CC(C)(CN2CC(=O)Cc2ccc(-c3ccc(F)cc3)o2)C1. The fraction of sp³-hybridized carbons (Fsp3) is 0.522.